The maximum Gasteiger partial charge on any atom is 0.175 e. The Morgan fingerprint density at radius 1 is 1.27 bits per heavy atom. The van der Waals surface area contributed by atoms with E-state index in [0.29, 0.717) is 22.1 Å². The molecule has 76 valence electrons. The topological polar surface area (TPSA) is 54.0 Å². The molecule has 2 aromatic rings. The minimum Gasteiger partial charge on any atom is -0.232 e. The lowest BCUT2D eigenvalue weighted by Gasteiger charge is -2.03. The molecule has 0 unspecified atom stereocenters. The minimum absolute atomic E-state index is 0.486. The van der Waals surface area contributed by atoms with Crippen LogP contribution in [0.15, 0.2) is 0 Å². The Morgan fingerprint density at radius 3 is 2.53 bits per heavy atom. The van der Waals surface area contributed by atoms with Gasteiger partial charge in [-0.2, -0.15) is 10.4 Å². The lowest BCUT2D eigenvalue weighted by Crippen LogP contribution is -1.99. The van der Waals surface area contributed by atoms with Gasteiger partial charge in [-0.1, -0.05) is 11.6 Å². The zero-order valence-corrected chi connectivity index (χ0v) is 9.42. The molecule has 0 bridgehead atoms. The number of rotatable bonds is 0. The second-order valence-electron chi connectivity index (χ2n) is 3.42. The summed E-state index contributed by atoms with van der Waals surface area (Å²) in [6.07, 6.45) is 0. The van der Waals surface area contributed by atoms with Crippen LogP contribution in [0.4, 0.5) is 0 Å². The highest BCUT2D eigenvalue weighted by Crippen LogP contribution is 2.22. The van der Waals surface area contributed by atoms with Crippen LogP contribution in [-0.2, 0) is 0 Å². The first-order valence-electron chi connectivity index (χ1n) is 4.48. The Bertz CT molecular complexity index is 592. The number of aryl methyl sites for hydroxylation is 2. The first kappa shape index (κ1) is 9.94. The highest BCUT2D eigenvalue weighted by Gasteiger charge is 2.15. The molecule has 15 heavy (non-hydrogen) atoms. The van der Waals surface area contributed by atoms with Gasteiger partial charge >= 0.3 is 0 Å². The van der Waals surface area contributed by atoms with Crippen molar-refractivity contribution in [3.63, 3.8) is 0 Å². The van der Waals surface area contributed by atoms with E-state index in [0.717, 1.165) is 11.3 Å². The number of aromatic nitrogens is 3. The maximum atomic E-state index is 8.97. The largest absolute Gasteiger partial charge is 0.232 e. The lowest BCUT2D eigenvalue weighted by atomic mass is 10.2. The quantitative estimate of drug-likeness (QED) is 0.640. The summed E-state index contributed by atoms with van der Waals surface area (Å²) >= 11 is 6.12. The fraction of sp³-hybridized carbons (Fsp3) is 0.300. The molecule has 2 aromatic heterocycles. The number of fused-ring (bicyclic) bond motifs is 1. The molecular weight excluding hydrogens is 212 g/mol. The van der Waals surface area contributed by atoms with E-state index in [4.69, 9.17) is 16.9 Å². The average molecular weight is 221 g/mol. The highest BCUT2D eigenvalue weighted by atomic mass is 35.5. The Balaban J connectivity index is 3.00. The van der Waals surface area contributed by atoms with E-state index >= 15 is 0 Å². The van der Waals surface area contributed by atoms with Gasteiger partial charge in [0.15, 0.2) is 5.65 Å². The molecule has 0 fully saturated rings. The van der Waals surface area contributed by atoms with Crippen molar-refractivity contribution in [2.24, 2.45) is 0 Å². The van der Waals surface area contributed by atoms with Gasteiger partial charge < -0.3 is 0 Å². The van der Waals surface area contributed by atoms with Crippen molar-refractivity contribution >= 4 is 17.2 Å². The first-order valence-corrected chi connectivity index (χ1v) is 4.86. The van der Waals surface area contributed by atoms with Gasteiger partial charge in [0, 0.05) is 11.3 Å². The summed E-state index contributed by atoms with van der Waals surface area (Å²) in [7, 11) is 0. The monoisotopic (exact) mass is 220 g/mol. The van der Waals surface area contributed by atoms with E-state index < -0.39 is 0 Å². The van der Waals surface area contributed by atoms with E-state index in [1.54, 1.807) is 6.92 Å². The molecule has 0 spiro atoms. The summed E-state index contributed by atoms with van der Waals surface area (Å²) in [4.78, 5) is 4.32. The molecule has 0 radical (unpaired) electrons. The molecule has 0 aromatic carbocycles. The van der Waals surface area contributed by atoms with Gasteiger partial charge in [-0.15, -0.1) is 0 Å². The minimum atomic E-state index is 0.486. The van der Waals surface area contributed by atoms with Gasteiger partial charge in [0.05, 0.1) is 5.69 Å². The summed E-state index contributed by atoms with van der Waals surface area (Å²) in [5, 5.41) is 13.7. The van der Waals surface area contributed by atoms with E-state index in [2.05, 4.69) is 16.2 Å². The standard InChI is InChI=1S/C10H9ClN4/c1-5-6(2)13-10-8(4-12)7(3)14-15(10)9(5)11/h1-3H3. The zero-order valence-electron chi connectivity index (χ0n) is 8.67. The second-order valence-corrected chi connectivity index (χ2v) is 3.78. The molecule has 4 nitrogen and oxygen atoms in total. The van der Waals surface area contributed by atoms with Crippen LogP contribution in [0.25, 0.3) is 5.65 Å². The number of hydrogen-bond acceptors (Lipinski definition) is 3. The van der Waals surface area contributed by atoms with Crippen molar-refractivity contribution in [3.05, 3.63) is 27.7 Å². The van der Waals surface area contributed by atoms with Gasteiger partial charge in [-0.05, 0) is 20.8 Å². The van der Waals surface area contributed by atoms with Crippen LogP contribution in [0, 0.1) is 32.1 Å². The van der Waals surface area contributed by atoms with Crippen molar-refractivity contribution in [2.75, 3.05) is 0 Å². The van der Waals surface area contributed by atoms with Gasteiger partial charge in [0.1, 0.15) is 16.8 Å². The third-order valence-electron chi connectivity index (χ3n) is 2.46. The Morgan fingerprint density at radius 2 is 1.93 bits per heavy atom. The smallest absolute Gasteiger partial charge is 0.175 e. The Labute approximate surface area is 92.1 Å². The van der Waals surface area contributed by atoms with Crippen LogP contribution in [0.2, 0.25) is 5.15 Å². The molecule has 0 atom stereocenters. The van der Waals surface area contributed by atoms with Crippen LogP contribution in [0.5, 0.6) is 0 Å². The molecule has 2 heterocycles. The second kappa shape index (κ2) is 3.21. The summed E-state index contributed by atoms with van der Waals surface area (Å²) < 4.78 is 1.51. The SMILES string of the molecule is Cc1nc2c(C#N)c(C)nn2c(Cl)c1C. The van der Waals surface area contributed by atoms with Crippen molar-refractivity contribution in [2.45, 2.75) is 20.8 Å². The van der Waals surface area contributed by atoms with E-state index in [-0.39, 0.29) is 0 Å². The van der Waals surface area contributed by atoms with Crippen molar-refractivity contribution in [1.82, 2.24) is 14.6 Å². The molecule has 0 amide bonds. The van der Waals surface area contributed by atoms with Crippen LogP contribution in [0.3, 0.4) is 0 Å². The summed E-state index contributed by atoms with van der Waals surface area (Å²) in [6.45, 7) is 5.52. The molecule has 0 aliphatic heterocycles. The molecule has 2 rings (SSSR count). The fourth-order valence-electron chi connectivity index (χ4n) is 1.44. The van der Waals surface area contributed by atoms with Crippen molar-refractivity contribution < 1.29 is 0 Å². The molecule has 0 saturated carbocycles. The lowest BCUT2D eigenvalue weighted by molar-refractivity contribution is 0.898. The normalized spacial score (nSPS) is 10.6. The van der Waals surface area contributed by atoms with Crippen molar-refractivity contribution in [3.8, 4) is 6.07 Å². The first-order chi connectivity index (χ1) is 7.06. The molecule has 0 saturated heterocycles. The van der Waals surface area contributed by atoms with E-state index in [1.165, 1.54) is 4.52 Å². The number of nitrogens with zero attached hydrogens (tertiary/aromatic N) is 4. The van der Waals surface area contributed by atoms with Crippen molar-refractivity contribution in [1.29, 1.82) is 5.26 Å². The molecule has 0 N–H and O–H groups in total. The summed E-state index contributed by atoms with van der Waals surface area (Å²) in [6, 6.07) is 2.09. The van der Waals surface area contributed by atoms with E-state index in [9.17, 15) is 0 Å². The van der Waals surface area contributed by atoms with Crippen LogP contribution < -0.4 is 0 Å². The molecule has 0 aliphatic carbocycles. The molecular formula is C10H9ClN4. The summed E-state index contributed by atoms with van der Waals surface area (Å²) in [5.74, 6) is 0. The Kier molecular flexibility index (Phi) is 2.13. The average Bonchev–Trinajstić information content (AvgIpc) is 2.51. The van der Waals surface area contributed by atoms with E-state index in [1.807, 2.05) is 13.8 Å². The zero-order chi connectivity index (χ0) is 11.2. The van der Waals surface area contributed by atoms with Gasteiger partial charge in [-0.25, -0.2) is 9.50 Å². The van der Waals surface area contributed by atoms with Gasteiger partial charge in [-0.3, -0.25) is 0 Å². The summed E-state index contributed by atoms with van der Waals surface area (Å²) in [5.41, 5.74) is 3.38. The third-order valence-corrected chi connectivity index (χ3v) is 2.90. The number of halogens is 1. The maximum absolute atomic E-state index is 8.97. The van der Waals surface area contributed by atoms with Crippen LogP contribution in [-0.4, -0.2) is 14.6 Å². The predicted octanol–water partition coefficient (Wildman–Crippen LogP) is 2.18. The van der Waals surface area contributed by atoms with Gasteiger partial charge in [0.25, 0.3) is 0 Å². The van der Waals surface area contributed by atoms with Crippen LogP contribution >= 0.6 is 11.6 Å². The molecule has 5 heteroatoms. The highest BCUT2D eigenvalue weighted by molar-refractivity contribution is 6.30. The third kappa shape index (κ3) is 1.28. The Hall–Kier alpha value is -1.60. The number of nitriles is 1. The molecule has 0 aliphatic rings. The number of hydrogen-bond donors (Lipinski definition) is 0. The predicted molar refractivity (Wildman–Crippen MR) is 56.9 cm³/mol. The van der Waals surface area contributed by atoms with Gasteiger partial charge in [0.2, 0.25) is 0 Å². The van der Waals surface area contributed by atoms with Crippen LogP contribution in [0.1, 0.15) is 22.5 Å². The fourth-order valence-corrected chi connectivity index (χ4v) is 1.69.